The minimum atomic E-state index is -0.507. The Morgan fingerprint density at radius 2 is 1.83 bits per heavy atom. The number of furan rings is 1. The molecule has 0 fully saturated rings. The number of nitrogens with zero attached hydrogens (tertiary/aromatic N) is 2. The predicted octanol–water partition coefficient (Wildman–Crippen LogP) is 4.12. The van der Waals surface area contributed by atoms with Crippen molar-refractivity contribution in [2.75, 3.05) is 6.54 Å². The number of rotatable bonds is 7. The molecule has 3 rings (SSSR count). The van der Waals surface area contributed by atoms with E-state index in [2.05, 4.69) is 5.32 Å². The number of hydrogen-bond acceptors (Lipinski definition) is 5. The largest absolute Gasteiger partial charge is 0.456 e. The average molecular weight is 387 g/mol. The van der Waals surface area contributed by atoms with Gasteiger partial charge in [0, 0.05) is 18.7 Å². The van der Waals surface area contributed by atoms with Gasteiger partial charge in [0.05, 0.1) is 10.5 Å². The van der Waals surface area contributed by atoms with Crippen molar-refractivity contribution < 1.29 is 14.1 Å². The summed E-state index contributed by atoms with van der Waals surface area (Å²) in [6.45, 7) is 0.390. The van der Waals surface area contributed by atoms with Crippen LogP contribution in [0.2, 0.25) is 0 Å². The highest BCUT2D eigenvalue weighted by atomic mass is 16.6. The van der Waals surface area contributed by atoms with E-state index >= 15 is 0 Å². The van der Waals surface area contributed by atoms with Crippen LogP contribution in [-0.2, 0) is 11.2 Å². The normalized spacial score (nSPS) is 10.9. The number of nitriles is 1. The van der Waals surface area contributed by atoms with Crippen molar-refractivity contribution in [3.05, 3.63) is 93.7 Å². The van der Waals surface area contributed by atoms with E-state index in [1.807, 2.05) is 36.4 Å². The van der Waals surface area contributed by atoms with E-state index in [1.54, 1.807) is 30.3 Å². The van der Waals surface area contributed by atoms with Crippen LogP contribution in [0.4, 0.5) is 5.69 Å². The van der Waals surface area contributed by atoms with Crippen LogP contribution < -0.4 is 5.32 Å². The van der Waals surface area contributed by atoms with Crippen LogP contribution in [0.5, 0.6) is 0 Å². The zero-order valence-electron chi connectivity index (χ0n) is 15.4. The summed E-state index contributed by atoms with van der Waals surface area (Å²) in [5.74, 6) is 0.0327. The molecule has 0 bridgehead atoms. The molecule has 0 atom stereocenters. The fourth-order valence-electron chi connectivity index (χ4n) is 2.77. The fourth-order valence-corrected chi connectivity index (χ4v) is 2.77. The summed E-state index contributed by atoms with van der Waals surface area (Å²) < 4.78 is 5.60. The van der Waals surface area contributed by atoms with Crippen molar-refractivity contribution in [3.8, 4) is 17.4 Å². The lowest BCUT2D eigenvalue weighted by atomic mass is 10.1. The molecule has 0 saturated carbocycles. The summed E-state index contributed by atoms with van der Waals surface area (Å²) in [6.07, 6.45) is 1.96. The monoisotopic (exact) mass is 387 g/mol. The molecule has 0 aliphatic rings. The standard InChI is InChI=1S/C22H17N3O4/c23-15-17(22(26)24-13-12-16-6-2-1-3-7-16)14-18-10-11-21(29-18)19-8-4-5-9-20(19)25(27)28/h1-11,14H,12-13H2,(H,24,26)/b17-14-. The van der Waals surface area contributed by atoms with Gasteiger partial charge >= 0.3 is 0 Å². The minimum absolute atomic E-state index is 0.0865. The first-order chi connectivity index (χ1) is 14.1. The van der Waals surface area contributed by atoms with Crippen molar-refractivity contribution >= 4 is 17.7 Å². The quantitative estimate of drug-likeness (QED) is 0.284. The second-order valence-electron chi connectivity index (χ2n) is 6.14. The Labute approximate surface area is 167 Å². The number of carbonyl (C=O) groups excluding carboxylic acids is 1. The Kier molecular flexibility index (Phi) is 6.18. The molecule has 1 N–H and O–H groups in total. The van der Waals surface area contributed by atoms with Crippen LogP contribution in [0, 0.1) is 21.4 Å². The first-order valence-corrected chi connectivity index (χ1v) is 8.86. The lowest BCUT2D eigenvalue weighted by molar-refractivity contribution is -0.384. The maximum atomic E-state index is 12.3. The molecule has 0 aliphatic carbocycles. The van der Waals surface area contributed by atoms with Crippen molar-refractivity contribution in [1.82, 2.24) is 5.32 Å². The molecular weight excluding hydrogens is 370 g/mol. The molecule has 2 aromatic carbocycles. The molecule has 1 amide bonds. The number of nitrogens with one attached hydrogen (secondary N) is 1. The van der Waals surface area contributed by atoms with Crippen LogP contribution in [0.1, 0.15) is 11.3 Å². The third-order valence-corrected chi connectivity index (χ3v) is 4.19. The van der Waals surface area contributed by atoms with E-state index in [1.165, 1.54) is 12.1 Å². The van der Waals surface area contributed by atoms with E-state index < -0.39 is 10.8 Å². The Morgan fingerprint density at radius 1 is 1.10 bits per heavy atom. The highest BCUT2D eigenvalue weighted by Crippen LogP contribution is 2.31. The van der Waals surface area contributed by atoms with E-state index in [0.29, 0.717) is 18.5 Å². The number of nitro benzene ring substituents is 1. The lowest BCUT2D eigenvalue weighted by Gasteiger charge is -2.04. The van der Waals surface area contributed by atoms with Gasteiger partial charge in [-0.25, -0.2) is 0 Å². The number of amides is 1. The summed E-state index contributed by atoms with van der Waals surface area (Å²) >= 11 is 0. The Balaban J connectivity index is 1.71. The van der Waals surface area contributed by atoms with Crippen LogP contribution in [0.25, 0.3) is 17.4 Å². The molecule has 7 heteroatoms. The Hall–Kier alpha value is -4.18. The fraction of sp³-hybridized carbons (Fsp3) is 0.0909. The van der Waals surface area contributed by atoms with Gasteiger partial charge in [-0.2, -0.15) is 5.26 Å². The SMILES string of the molecule is N#C/C(=C/c1ccc(-c2ccccc2[N+](=O)[O-])o1)C(=O)NCCc1ccccc1. The van der Waals surface area contributed by atoms with Gasteiger partial charge in [-0.15, -0.1) is 0 Å². The Morgan fingerprint density at radius 3 is 2.55 bits per heavy atom. The minimum Gasteiger partial charge on any atom is -0.456 e. The third kappa shape index (κ3) is 4.96. The van der Waals surface area contributed by atoms with Gasteiger partial charge in [0.1, 0.15) is 23.2 Å². The van der Waals surface area contributed by atoms with Crippen molar-refractivity contribution in [2.45, 2.75) is 6.42 Å². The summed E-state index contributed by atoms with van der Waals surface area (Å²) in [5.41, 5.74) is 1.21. The predicted molar refractivity (Wildman–Crippen MR) is 108 cm³/mol. The molecule has 0 aliphatic heterocycles. The molecule has 0 radical (unpaired) electrons. The molecule has 144 valence electrons. The summed E-state index contributed by atoms with van der Waals surface area (Å²) in [5, 5.41) is 23.2. The van der Waals surface area contributed by atoms with Crippen molar-refractivity contribution in [3.63, 3.8) is 0 Å². The molecular formula is C22H17N3O4. The van der Waals surface area contributed by atoms with Gasteiger partial charge in [0.2, 0.25) is 0 Å². The number of nitro groups is 1. The summed E-state index contributed by atoms with van der Waals surface area (Å²) in [7, 11) is 0. The van der Waals surface area contributed by atoms with Crippen molar-refractivity contribution in [1.29, 1.82) is 5.26 Å². The second-order valence-corrected chi connectivity index (χ2v) is 6.14. The van der Waals surface area contributed by atoms with E-state index in [0.717, 1.165) is 5.56 Å². The van der Waals surface area contributed by atoms with E-state index in [-0.39, 0.29) is 22.8 Å². The molecule has 1 heterocycles. The van der Waals surface area contributed by atoms with E-state index in [4.69, 9.17) is 4.42 Å². The third-order valence-electron chi connectivity index (χ3n) is 4.19. The van der Waals surface area contributed by atoms with Crippen LogP contribution >= 0.6 is 0 Å². The molecule has 1 aromatic heterocycles. The van der Waals surface area contributed by atoms with Gasteiger partial charge < -0.3 is 9.73 Å². The smallest absolute Gasteiger partial charge is 0.280 e. The molecule has 0 saturated heterocycles. The number of carbonyl (C=O) groups is 1. The zero-order valence-corrected chi connectivity index (χ0v) is 15.4. The molecule has 29 heavy (non-hydrogen) atoms. The molecule has 7 nitrogen and oxygen atoms in total. The second kappa shape index (κ2) is 9.15. The van der Waals surface area contributed by atoms with E-state index in [9.17, 15) is 20.2 Å². The van der Waals surface area contributed by atoms with Crippen LogP contribution in [-0.4, -0.2) is 17.4 Å². The van der Waals surface area contributed by atoms with Gasteiger partial charge in [-0.3, -0.25) is 14.9 Å². The maximum Gasteiger partial charge on any atom is 0.280 e. The van der Waals surface area contributed by atoms with Gasteiger partial charge in [0.15, 0.2) is 0 Å². The van der Waals surface area contributed by atoms with Crippen molar-refractivity contribution in [2.24, 2.45) is 0 Å². The van der Waals surface area contributed by atoms with Crippen LogP contribution in [0.3, 0.4) is 0 Å². The maximum absolute atomic E-state index is 12.3. The molecule has 0 spiro atoms. The highest BCUT2D eigenvalue weighted by Gasteiger charge is 2.17. The summed E-state index contributed by atoms with van der Waals surface area (Å²) in [6, 6.07) is 20.8. The van der Waals surface area contributed by atoms with Crippen LogP contribution in [0.15, 0.2) is 76.7 Å². The first kappa shape index (κ1) is 19.6. The van der Waals surface area contributed by atoms with Gasteiger partial charge in [-0.1, -0.05) is 42.5 Å². The first-order valence-electron chi connectivity index (χ1n) is 8.86. The molecule has 3 aromatic rings. The number of hydrogen-bond donors (Lipinski definition) is 1. The zero-order chi connectivity index (χ0) is 20.6. The van der Waals surface area contributed by atoms with Gasteiger partial charge in [0.25, 0.3) is 11.6 Å². The summed E-state index contributed by atoms with van der Waals surface area (Å²) in [4.78, 5) is 22.9. The molecule has 0 unspecified atom stereocenters. The topological polar surface area (TPSA) is 109 Å². The average Bonchev–Trinajstić information content (AvgIpc) is 3.21. The van der Waals surface area contributed by atoms with Gasteiger partial charge in [-0.05, 0) is 30.2 Å². The number of benzene rings is 2. The Bertz CT molecular complexity index is 1090. The highest BCUT2D eigenvalue weighted by molar-refractivity contribution is 6.01. The lowest BCUT2D eigenvalue weighted by Crippen LogP contribution is -2.26. The number of para-hydroxylation sites is 1.